The Labute approximate surface area is 182 Å². The maximum atomic E-state index is 6.33. The summed E-state index contributed by atoms with van der Waals surface area (Å²) in [5.74, 6) is 1.71. The first-order valence-corrected chi connectivity index (χ1v) is 10.6. The van der Waals surface area contributed by atoms with Crippen molar-refractivity contribution in [1.29, 1.82) is 0 Å². The lowest BCUT2D eigenvalue weighted by molar-refractivity contribution is 0.312. The van der Waals surface area contributed by atoms with E-state index < -0.39 is 0 Å². The van der Waals surface area contributed by atoms with E-state index in [0.29, 0.717) is 0 Å². The summed E-state index contributed by atoms with van der Waals surface area (Å²) >= 11 is 9.09. The van der Waals surface area contributed by atoms with Gasteiger partial charge in [-0.2, -0.15) is 0 Å². The average Bonchev–Trinajstić information content (AvgIpc) is 2.86. The van der Waals surface area contributed by atoms with Crippen molar-refractivity contribution >= 4 is 37.4 Å². The van der Waals surface area contributed by atoms with Gasteiger partial charge in [-0.05, 0) is 41.6 Å². The van der Waals surface area contributed by atoms with Crippen molar-refractivity contribution in [3.8, 4) is 11.5 Å². The number of benzene rings is 3. The molecule has 1 nitrogen and oxygen atoms in total. The molecule has 0 radical (unpaired) electrons. The summed E-state index contributed by atoms with van der Waals surface area (Å²) in [6.45, 7) is 4.62. The number of hydrogen-bond donors (Lipinski definition) is 2. The predicted octanol–water partition coefficient (Wildman–Crippen LogP) is 5.51. The minimum Gasteiger partial charge on any atom is -0.457 e. The molecule has 0 saturated heterocycles. The Bertz CT molecular complexity index is 1240. The van der Waals surface area contributed by atoms with Crippen molar-refractivity contribution in [3.63, 3.8) is 0 Å². The molecule has 3 aromatic rings. The largest absolute Gasteiger partial charge is 0.457 e. The first-order chi connectivity index (χ1) is 13.9. The maximum absolute atomic E-state index is 6.33. The fourth-order valence-corrected chi connectivity index (χ4v) is 5.07. The van der Waals surface area contributed by atoms with Crippen LogP contribution in [0.25, 0.3) is 12.2 Å². The average molecular weight is 415 g/mol. The van der Waals surface area contributed by atoms with Gasteiger partial charge in [0.25, 0.3) is 0 Å². The number of hydrogen-bond acceptors (Lipinski definition) is 3. The van der Waals surface area contributed by atoms with Crippen LogP contribution in [0.1, 0.15) is 25.0 Å². The lowest BCUT2D eigenvalue weighted by atomic mass is 9.57. The number of thiol groups is 2. The summed E-state index contributed by atoms with van der Waals surface area (Å²) in [4.78, 5) is 1.78. The van der Waals surface area contributed by atoms with Crippen molar-refractivity contribution in [2.24, 2.45) is 5.41 Å². The summed E-state index contributed by atoms with van der Waals surface area (Å²) in [7, 11) is 0. The van der Waals surface area contributed by atoms with Gasteiger partial charge >= 0.3 is 0 Å². The molecule has 0 aromatic heterocycles. The van der Waals surface area contributed by atoms with Gasteiger partial charge in [-0.15, -0.1) is 25.3 Å². The molecule has 3 heteroatoms. The van der Waals surface area contributed by atoms with Crippen molar-refractivity contribution in [2.75, 3.05) is 0 Å². The maximum Gasteiger partial charge on any atom is 0.132 e. The fraction of sp³-hybridized carbons (Fsp3) is 0.154. The van der Waals surface area contributed by atoms with Crippen LogP contribution < -0.4 is 15.2 Å². The second kappa shape index (κ2) is 6.58. The zero-order valence-corrected chi connectivity index (χ0v) is 18.2. The predicted molar refractivity (Wildman–Crippen MR) is 126 cm³/mol. The molecule has 0 saturated carbocycles. The molecule has 1 unspecified atom stereocenters. The molecular weight excluding hydrogens is 392 g/mol. The van der Waals surface area contributed by atoms with E-state index in [1.165, 1.54) is 10.4 Å². The molecule has 5 rings (SSSR count). The van der Waals surface area contributed by atoms with Crippen molar-refractivity contribution in [2.45, 2.75) is 29.1 Å². The van der Waals surface area contributed by atoms with E-state index in [4.69, 9.17) is 4.74 Å². The highest BCUT2D eigenvalue weighted by molar-refractivity contribution is 7.80. The van der Waals surface area contributed by atoms with Crippen LogP contribution in [0.2, 0.25) is 0 Å². The van der Waals surface area contributed by atoms with Crippen molar-refractivity contribution in [1.82, 2.24) is 0 Å². The van der Waals surface area contributed by atoms with Gasteiger partial charge in [0.1, 0.15) is 11.5 Å². The zero-order chi connectivity index (χ0) is 20.2. The standard InChI is InChI=1S/C26H22OS2/c1-25(13-5-8-17-6-3-4-7-18(17)16-25)26(2)21-11-9-19(28)14-23(21)27-24-15-20(29)10-12-22(24)26/h3-16,28-29H,1-2H3. The number of ether oxygens (including phenoxy) is 1. The van der Waals surface area contributed by atoms with Crippen LogP contribution in [-0.2, 0) is 5.41 Å². The molecule has 3 aromatic carbocycles. The third kappa shape index (κ3) is 2.79. The molecule has 29 heavy (non-hydrogen) atoms. The van der Waals surface area contributed by atoms with Gasteiger partial charge < -0.3 is 4.74 Å². The summed E-state index contributed by atoms with van der Waals surface area (Å²) < 4.78 is 6.33. The molecule has 0 fully saturated rings. The lowest BCUT2D eigenvalue weighted by Gasteiger charge is -2.47. The highest BCUT2D eigenvalue weighted by atomic mass is 32.1. The molecule has 0 amide bonds. The SMILES string of the molecule is CC1(C2(C)c3ccc(S)cc3Oc3cc(S)ccc32)C=CC=c2ccccc2=C1. The van der Waals surface area contributed by atoms with Crippen LogP contribution in [-0.4, -0.2) is 0 Å². The minimum atomic E-state index is -0.333. The van der Waals surface area contributed by atoms with E-state index >= 15 is 0 Å². The van der Waals surface area contributed by atoms with Crippen molar-refractivity contribution in [3.05, 3.63) is 94.4 Å². The Hall–Kier alpha value is -2.36. The Morgan fingerprint density at radius 1 is 0.759 bits per heavy atom. The Balaban J connectivity index is 1.86. The van der Waals surface area contributed by atoms with Gasteiger partial charge in [0.2, 0.25) is 0 Å². The van der Waals surface area contributed by atoms with Gasteiger partial charge in [-0.3, -0.25) is 0 Å². The Morgan fingerprint density at radius 3 is 1.97 bits per heavy atom. The van der Waals surface area contributed by atoms with Gasteiger partial charge in [0.15, 0.2) is 0 Å². The molecule has 0 spiro atoms. The molecule has 0 bridgehead atoms. The minimum absolute atomic E-state index is 0.278. The van der Waals surface area contributed by atoms with Gasteiger partial charge in [0.05, 0.1) is 0 Å². The number of allylic oxidation sites excluding steroid dienone is 2. The normalized spacial score (nSPS) is 20.8. The second-order valence-corrected chi connectivity index (χ2v) is 9.20. The van der Waals surface area contributed by atoms with E-state index in [-0.39, 0.29) is 10.8 Å². The first-order valence-electron chi connectivity index (χ1n) is 9.73. The molecular formula is C26H22OS2. The van der Waals surface area contributed by atoms with Crippen molar-refractivity contribution < 1.29 is 4.74 Å². The van der Waals surface area contributed by atoms with E-state index in [1.807, 2.05) is 24.3 Å². The van der Waals surface area contributed by atoms with Crippen LogP contribution >= 0.6 is 25.3 Å². The van der Waals surface area contributed by atoms with Crippen LogP contribution in [0.15, 0.2) is 82.6 Å². The van der Waals surface area contributed by atoms with Gasteiger partial charge in [0, 0.05) is 31.7 Å². The quantitative estimate of drug-likeness (QED) is 0.499. The zero-order valence-electron chi connectivity index (χ0n) is 16.4. The number of rotatable bonds is 1. The highest BCUT2D eigenvalue weighted by Gasteiger charge is 2.49. The molecule has 1 heterocycles. The monoisotopic (exact) mass is 414 g/mol. The summed E-state index contributed by atoms with van der Waals surface area (Å²) in [5, 5.41) is 2.48. The van der Waals surface area contributed by atoms with E-state index in [9.17, 15) is 0 Å². The molecule has 1 atom stereocenters. The second-order valence-electron chi connectivity index (χ2n) is 8.17. The van der Waals surface area contributed by atoms with E-state index in [0.717, 1.165) is 32.4 Å². The summed E-state index contributed by atoms with van der Waals surface area (Å²) in [5.41, 5.74) is 1.72. The summed E-state index contributed by atoms with van der Waals surface area (Å²) in [6, 6.07) is 21.0. The Morgan fingerprint density at radius 2 is 1.34 bits per heavy atom. The smallest absolute Gasteiger partial charge is 0.132 e. The van der Waals surface area contributed by atoms with Crippen LogP contribution in [0.4, 0.5) is 0 Å². The first kappa shape index (κ1) is 18.7. The van der Waals surface area contributed by atoms with E-state index in [2.05, 4.69) is 99.8 Å². The summed E-state index contributed by atoms with van der Waals surface area (Å²) in [6.07, 6.45) is 9.08. The van der Waals surface area contributed by atoms with Gasteiger partial charge in [-0.1, -0.05) is 67.6 Å². The number of fused-ring (bicyclic) bond motifs is 3. The molecule has 144 valence electrons. The van der Waals surface area contributed by atoms with Crippen LogP contribution in [0.3, 0.4) is 0 Å². The highest BCUT2D eigenvalue weighted by Crippen LogP contribution is 2.58. The fourth-order valence-electron chi connectivity index (χ4n) is 4.69. The Kier molecular flexibility index (Phi) is 4.23. The van der Waals surface area contributed by atoms with Gasteiger partial charge in [-0.25, -0.2) is 0 Å². The molecule has 0 N–H and O–H groups in total. The van der Waals surface area contributed by atoms with E-state index in [1.54, 1.807) is 0 Å². The third-order valence-electron chi connectivity index (χ3n) is 6.47. The molecule has 2 aliphatic rings. The van der Waals surface area contributed by atoms with Crippen LogP contribution in [0.5, 0.6) is 11.5 Å². The third-order valence-corrected chi connectivity index (χ3v) is 7.03. The lowest BCUT2D eigenvalue weighted by Crippen LogP contribution is -2.43. The molecule has 1 aliphatic carbocycles. The topological polar surface area (TPSA) is 9.23 Å². The molecule has 1 aliphatic heterocycles. The van der Waals surface area contributed by atoms with Crippen LogP contribution in [0, 0.1) is 5.41 Å².